The molecule has 0 atom stereocenters. The van der Waals surface area contributed by atoms with Crippen molar-refractivity contribution in [2.24, 2.45) is 5.73 Å². The highest BCUT2D eigenvalue weighted by Crippen LogP contribution is 2.26. The Morgan fingerprint density at radius 3 is 2.58 bits per heavy atom. The second kappa shape index (κ2) is 9.90. The highest BCUT2D eigenvalue weighted by atomic mass is 35.5. The molecule has 1 aromatic heterocycles. The van der Waals surface area contributed by atoms with Gasteiger partial charge < -0.3 is 15.2 Å². The van der Waals surface area contributed by atoms with Gasteiger partial charge in [-0.05, 0) is 59.7 Å². The number of rotatable bonds is 7. The van der Waals surface area contributed by atoms with Crippen molar-refractivity contribution in [3.05, 3.63) is 98.6 Å². The molecular formula is C26H24ClN3O3. The van der Waals surface area contributed by atoms with Crippen LogP contribution < -0.4 is 20.8 Å². The lowest BCUT2D eigenvalue weighted by Crippen LogP contribution is -2.24. The number of hydrogen-bond donors (Lipinski definition) is 1. The van der Waals surface area contributed by atoms with Crippen LogP contribution in [0.5, 0.6) is 11.5 Å². The van der Waals surface area contributed by atoms with Crippen LogP contribution in [0, 0.1) is 0 Å². The van der Waals surface area contributed by atoms with Crippen molar-refractivity contribution >= 4 is 34.7 Å². The van der Waals surface area contributed by atoms with Crippen LogP contribution in [0.1, 0.15) is 22.5 Å². The number of aromatic nitrogens is 2. The molecule has 0 aliphatic rings. The Bertz CT molecular complexity index is 1400. The Kier molecular flexibility index (Phi) is 6.77. The van der Waals surface area contributed by atoms with Crippen LogP contribution in [0.2, 0.25) is 5.02 Å². The van der Waals surface area contributed by atoms with E-state index in [9.17, 15) is 4.79 Å². The van der Waals surface area contributed by atoms with Crippen LogP contribution in [0.4, 0.5) is 0 Å². The monoisotopic (exact) mass is 461 g/mol. The molecule has 6 nitrogen and oxygen atoms in total. The van der Waals surface area contributed by atoms with Gasteiger partial charge in [0.05, 0.1) is 31.7 Å². The number of halogens is 1. The van der Waals surface area contributed by atoms with Gasteiger partial charge in [0.2, 0.25) is 0 Å². The fourth-order valence-corrected chi connectivity index (χ4v) is 3.83. The molecule has 4 rings (SSSR count). The van der Waals surface area contributed by atoms with E-state index in [-0.39, 0.29) is 5.56 Å². The van der Waals surface area contributed by atoms with Gasteiger partial charge in [0, 0.05) is 17.1 Å². The molecule has 0 fully saturated rings. The standard InChI is InChI=1S/C26H24ClN3O3/c1-32-21-8-10-24(33-2)19(13-21)6-11-25-29-23-14-20(27)7-9-22(23)26(31)30(25)16-18-5-3-4-17(12-18)15-28/h3-14H,15-16,28H2,1-2H3. The van der Waals surface area contributed by atoms with E-state index in [1.54, 1.807) is 43.1 Å². The third-order valence-corrected chi connectivity index (χ3v) is 5.60. The topological polar surface area (TPSA) is 79.4 Å². The summed E-state index contributed by atoms with van der Waals surface area (Å²) in [5.74, 6) is 1.88. The summed E-state index contributed by atoms with van der Waals surface area (Å²) in [6, 6.07) is 18.5. The summed E-state index contributed by atoms with van der Waals surface area (Å²) in [5, 5.41) is 1.03. The van der Waals surface area contributed by atoms with Crippen molar-refractivity contribution in [2.75, 3.05) is 14.2 Å². The van der Waals surface area contributed by atoms with Gasteiger partial charge in [0.1, 0.15) is 17.3 Å². The lowest BCUT2D eigenvalue weighted by molar-refractivity contribution is 0.402. The van der Waals surface area contributed by atoms with E-state index in [1.165, 1.54) is 0 Å². The number of benzene rings is 3. The minimum Gasteiger partial charge on any atom is -0.497 e. The number of nitrogens with zero attached hydrogens (tertiary/aromatic N) is 2. The molecule has 0 spiro atoms. The summed E-state index contributed by atoms with van der Waals surface area (Å²) in [6.45, 7) is 0.784. The highest BCUT2D eigenvalue weighted by molar-refractivity contribution is 6.31. The van der Waals surface area contributed by atoms with Crippen LogP contribution in [0.3, 0.4) is 0 Å². The predicted octanol–water partition coefficient (Wildman–Crippen LogP) is 4.74. The number of nitrogens with two attached hydrogens (primary N) is 1. The Labute approximate surface area is 196 Å². The van der Waals surface area contributed by atoms with Crippen LogP contribution in [0.25, 0.3) is 23.1 Å². The zero-order chi connectivity index (χ0) is 23.4. The van der Waals surface area contributed by atoms with Crippen molar-refractivity contribution in [1.29, 1.82) is 0 Å². The summed E-state index contributed by atoms with van der Waals surface area (Å²) < 4.78 is 12.5. The Balaban J connectivity index is 1.86. The molecule has 0 unspecified atom stereocenters. The van der Waals surface area contributed by atoms with E-state index >= 15 is 0 Å². The molecule has 7 heteroatoms. The fourth-order valence-electron chi connectivity index (χ4n) is 3.66. The molecular weight excluding hydrogens is 438 g/mol. The first-order valence-corrected chi connectivity index (χ1v) is 10.8. The third-order valence-electron chi connectivity index (χ3n) is 5.36. The van der Waals surface area contributed by atoms with E-state index < -0.39 is 0 Å². The fraction of sp³-hybridized carbons (Fsp3) is 0.154. The summed E-state index contributed by atoms with van der Waals surface area (Å²) in [6.07, 6.45) is 3.65. The van der Waals surface area contributed by atoms with Crippen molar-refractivity contribution in [3.8, 4) is 11.5 Å². The molecule has 2 N–H and O–H groups in total. The molecule has 0 amide bonds. The maximum absolute atomic E-state index is 13.4. The van der Waals surface area contributed by atoms with Gasteiger partial charge in [-0.25, -0.2) is 4.98 Å². The van der Waals surface area contributed by atoms with Crippen molar-refractivity contribution < 1.29 is 9.47 Å². The predicted molar refractivity (Wildman–Crippen MR) is 133 cm³/mol. The molecule has 0 radical (unpaired) electrons. The molecule has 0 aliphatic heterocycles. The first kappa shape index (κ1) is 22.6. The average molecular weight is 462 g/mol. The number of hydrogen-bond acceptors (Lipinski definition) is 5. The molecule has 4 aromatic rings. The molecule has 0 aliphatic carbocycles. The van der Waals surface area contributed by atoms with Crippen LogP contribution in [0.15, 0.2) is 65.5 Å². The first-order valence-electron chi connectivity index (χ1n) is 10.4. The van der Waals surface area contributed by atoms with Gasteiger partial charge in [0.25, 0.3) is 5.56 Å². The zero-order valence-electron chi connectivity index (χ0n) is 18.4. The minimum atomic E-state index is -0.146. The lowest BCUT2D eigenvalue weighted by atomic mass is 10.1. The van der Waals surface area contributed by atoms with Crippen LogP contribution in [-0.2, 0) is 13.1 Å². The molecule has 1 heterocycles. The Hall–Kier alpha value is -3.61. The van der Waals surface area contributed by atoms with E-state index in [1.807, 2.05) is 48.5 Å². The normalized spacial score (nSPS) is 11.3. The van der Waals surface area contributed by atoms with Crippen LogP contribution >= 0.6 is 11.6 Å². The van der Waals surface area contributed by atoms with E-state index in [0.717, 1.165) is 16.7 Å². The smallest absolute Gasteiger partial charge is 0.261 e. The molecule has 3 aromatic carbocycles. The van der Waals surface area contributed by atoms with Gasteiger partial charge in [0.15, 0.2) is 0 Å². The molecule has 0 saturated carbocycles. The lowest BCUT2D eigenvalue weighted by Gasteiger charge is -2.13. The minimum absolute atomic E-state index is 0.146. The van der Waals surface area contributed by atoms with Gasteiger partial charge in [-0.15, -0.1) is 0 Å². The number of ether oxygens (including phenoxy) is 2. The molecule has 33 heavy (non-hydrogen) atoms. The Morgan fingerprint density at radius 2 is 1.82 bits per heavy atom. The quantitative estimate of drug-likeness (QED) is 0.430. The van der Waals surface area contributed by atoms with Gasteiger partial charge in [-0.3, -0.25) is 9.36 Å². The zero-order valence-corrected chi connectivity index (χ0v) is 19.2. The summed E-state index contributed by atoms with van der Waals surface area (Å²) in [5.41, 5.74) is 8.95. The summed E-state index contributed by atoms with van der Waals surface area (Å²) in [4.78, 5) is 18.2. The maximum Gasteiger partial charge on any atom is 0.261 e. The van der Waals surface area contributed by atoms with Gasteiger partial charge >= 0.3 is 0 Å². The summed E-state index contributed by atoms with van der Waals surface area (Å²) >= 11 is 6.16. The largest absolute Gasteiger partial charge is 0.497 e. The highest BCUT2D eigenvalue weighted by Gasteiger charge is 2.11. The SMILES string of the molecule is COc1ccc(OC)c(C=Cc2nc3cc(Cl)ccc3c(=O)n2Cc2cccc(CN)c2)c1. The molecule has 0 bridgehead atoms. The van der Waals surface area contributed by atoms with Crippen molar-refractivity contribution in [3.63, 3.8) is 0 Å². The Morgan fingerprint density at radius 1 is 1.00 bits per heavy atom. The molecule has 168 valence electrons. The second-order valence-corrected chi connectivity index (χ2v) is 7.92. The number of fused-ring (bicyclic) bond motifs is 1. The van der Waals surface area contributed by atoms with Gasteiger partial charge in [-0.1, -0.05) is 35.9 Å². The second-order valence-electron chi connectivity index (χ2n) is 7.49. The van der Waals surface area contributed by atoms with Gasteiger partial charge in [-0.2, -0.15) is 0 Å². The van der Waals surface area contributed by atoms with Crippen molar-refractivity contribution in [2.45, 2.75) is 13.1 Å². The van der Waals surface area contributed by atoms with E-state index in [4.69, 9.17) is 31.8 Å². The van der Waals surface area contributed by atoms with Crippen LogP contribution in [-0.4, -0.2) is 23.8 Å². The number of methoxy groups -OCH3 is 2. The summed E-state index contributed by atoms with van der Waals surface area (Å²) in [7, 11) is 3.22. The molecule has 0 saturated heterocycles. The average Bonchev–Trinajstić information content (AvgIpc) is 2.84. The third kappa shape index (κ3) is 4.92. The maximum atomic E-state index is 13.4. The van der Waals surface area contributed by atoms with Crippen molar-refractivity contribution in [1.82, 2.24) is 9.55 Å². The first-order chi connectivity index (χ1) is 16.0. The van der Waals surface area contributed by atoms with E-state index in [2.05, 4.69) is 0 Å². The van der Waals surface area contributed by atoms with E-state index in [0.29, 0.717) is 46.3 Å².